The number of hydrogen-bond donors (Lipinski definition) is 2. The molecule has 1 aromatic heterocycles. The molecule has 0 amide bonds. The topological polar surface area (TPSA) is 39.7 Å². The van der Waals surface area contributed by atoms with Crippen molar-refractivity contribution in [3.8, 4) is 0 Å². The van der Waals surface area contributed by atoms with Crippen molar-refractivity contribution in [2.75, 3.05) is 33.2 Å². The van der Waals surface area contributed by atoms with Crippen molar-refractivity contribution >= 4 is 17.3 Å². The average molecular weight is 323 g/mol. The molecule has 1 fully saturated rings. The minimum atomic E-state index is 0.120. The molecule has 0 radical (unpaired) electrons. The average Bonchev–Trinajstić information content (AvgIpc) is 3.18. The summed E-state index contributed by atoms with van der Waals surface area (Å²) >= 11 is 1.82. The van der Waals surface area contributed by atoms with Gasteiger partial charge in [-0.2, -0.15) is 0 Å². The second kappa shape index (κ2) is 7.97. The first-order chi connectivity index (χ1) is 10.6. The Kier molecular flexibility index (Phi) is 6.26. The number of aliphatic imine (C=N–C) groups is 1. The van der Waals surface area contributed by atoms with Crippen LogP contribution in [0, 0.1) is 0 Å². The van der Waals surface area contributed by atoms with E-state index in [1.807, 2.05) is 18.4 Å². The van der Waals surface area contributed by atoms with E-state index in [1.54, 1.807) is 0 Å². The Morgan fingerprint density at radius 1 is 1.41 bits per heavy atom. The molecule has 0 bridgehead atoms. The summed E-state index contributed by atoms with van der Waals surface area (Å²) < 4.78 is 0. The third-order valence-corrected chi connectivity index (χ3v) is 5.51. The maximum absolute atomic E-state index is 4.33. The highest BCUT2D eigenvalue weighted by Crippen LogP contribution is 2.27. The molecule has 124 valence electrons. The molecule has 5 heteroatoms. The highest BCUT2D eigenvalue weighted by molar-refractivity contribution is 7.10. The highest BCUT2D eigenvalue weighted by atomic mass is 32.1. The summed E-state index contributed by atoms with van der Waals surface area (Å²) in [5.74, 6) is 0.900. The third-order valence-electron chi connectivity index (χ3n) is 4.27. The summed E-state index contributed by atoms with van der Waals surface area (Å²) in [6.07, 6.45) is 2.74. The normalized spacial score (nSPS) is 16.1. The Labute approximate surface area is 139 Å². The first-order valence-electron chi connectivity index (χ1n) is 8.29. The zero-order valence-electron chi connectivity index (χ0n) is 14.4. The number of hydrogen-bond acceptors (Lipinski definition) is 3. The van der Waals surface area contributed by atoms with E-state index in [1.165, 1.54) is 17.7 Å². The van der Waals surface area contributed by atoms with Crippen LogP contribution in [0.25, 0.3) is 0 Å². The smallest absolute Gasteiger partial charge is 0.191 e. The van der Waals surface area contributed by atoms with Crippen molar-refractivity contribution < 1.29 is 0 Å². The van der Waals surface area contributed by atoms with Crippen LogP contribution in [0.1, 0.15) is 38.5 Å². The molecule has 0 saturated heterocycles. The molecule has 0 aliphatic heterocycles. The lowest BCUT2D eigenvalue weighted by atomic mass is 9.91. The van der Waals surface area contributed by atoms with Crippen molar-refractivity contribution in [1.29, 1.82) is 0 Å². The number of likely N-dealkylation sites (N-methyl/N-ethyl adjacent to an activating group) is 1. The van der Waals surface area contributed by atoms with Crippen LogP contribution in [0.3, 0.4) is 0 Å². The van der Waals surface area contributed by atoms with Crippen LogP contribution >= 0.6 is 11.3 Å². The van der Waals surface area contributed by atoms with Gasteiger partial charge < -0.3 is 10.6 Å². The predicted octanol–water partition coefficient (Wildman–Crippen LogP) is 2.68. The van der Waals surface area contributed by atoms with Gasteiger partial charge in [0.25, 0.3) is 0 Å². The van der Waals surface area contributed by atoms with Gasteiger partial charge in [-0.25, -0.2) is 0 Å². The molecule has 1 aliphatic rings. The zero-order valence-corrected chi connectivity index (χ0v) is 15.2. The van der Waals surface area contributed by atoms with Gasteiger partial charge in [-0.15, -0.1) is 11.3 Å². The van der Waals surface area contributed by atoms with Crippen LogP contribution in [0.4, 0.5) is 0 Å². The highest BCUT2D eigenvalue weighted by Gasteiger charge is 2.27. The van der Waals surface area contributed by atoms with Crippen LogP contribution in [0.2, 0.25) is 0 Å². The second-order valence-electron chi connectivity index (χ2n) is 6.57. The molecule has 0 spiro atoms. The zero-order chi connectivity index (χ0) is 16.0. The molecule has 22 heavy (non-hydrogen) atoms. The van der Waals surface area contributed by atoms with Crippen LogP contribution in [0.5, 0.6) is 0 Å². The third kappa shape index (κ3) is 4.99. The monoisotopic (exact) mass is 322 g/mol. The fourth-order valence-corrected chi connectivity index (χ4v) is 3.48. The molecule has 4 nitrogen and oxygen atoms in total. The Hall–Kier alpha value is -1.07. The largest absolute Gasteiger partial charge is 0.356 e. The SMILES string of the molecule is CCN(CCNC(=NC)NCC(C)(C)c1cccs1)C1CC1. The van der Waals surface area contributed by atoms with Gasteiger partial charge in [0.15, 0.2) is 5.96 Å². The van der Waals surface area contributed by atoms with E-state index in [9.17, 15) is 0 Å². The quantitative estimate of drug-likeness (QED) is 0.571. The number of guanidine groups is 1. The van der Waals surface area contributed by atoms with Gasteiger partial charge in [0, 0.05) is 43.0 Å². The summed E-state index contributed by atoms with van der Waals surface area (Å²) in [7, 11) is 1.84. The van der Waals surface area contributed by atoms with E-state index >= 15 is 0 Å². The molecule has 1 aliphatic carbocycles. The maximum Gasteiger partial charge on any atom is 0.191 e. The van der Waals surface area contributed by atoms with Crippen LogP contribution in [0.15, 0.2) is 22.5 Å². The van der Waals surface area contributed by atoms with Crippen LogP contribution in [-0.2, 0) is 5.41 Å². The minimum Gasteiger partial charge on any atom is -0.356 e. The summed E-state index contributed by atoms with van der Waals surface area (Å²) in [6, 6.07) is 5.16. The molecule has 2 N–H and O–H groups in total. The lowest BCUT2D eigenvalue weighted by Crippen LogP contribution is -2.45. The van der Waals surface area contributed by atoms with Gasteiger partial charge in [-0.3, -0.25) is 9.89 Å². The molecule has 0 aromatic carbocycles. The Bertz CT molecular complexity index is 463. The van der Waals surface area contributed by atoms with Crippen molar-refractivity contribution in [1.82, 2.24) is 15.5 Å². The van der Waals surface area contributed by atoms with Gasteiger partial charge in [-0.1, -0.05) is 26.8 Å². The molecule has 0 atom stereocenters. The summed E-state index contributed by atoms with van der Waals surface area (Å²) in [5.41, 5.74) is 0.120. The molecule has 1 aromatic rings. The summed E-state index contributed by atoms with van der Waals surface area (Å²) in [6.45, 7) is 10.8. The Morgan fingerprint density at radius 3 is 2.73 bits per heavy atom. The van der Waals surface area contributed by atoms with Crippen molar-refractivity contribution in [2.45, 2.75) is 45.1 Å². The minimum absolute atomic E-state index is 0.120. The van der Waals surface area contributed by atoms with Crippen LogP contribution in [-0.4, -0.2) is 50.1 Å². The van der Waals surface area contributed by atoms with E-state index in [-0.39, 0.29) is 5.41 Å². The van der Waals surface area contributed by atoms with E-state index in [2.05, 4.69) is 58.8 Å². The van der Waals surface area contributed by atoms with E-state index in [4.69, 9.17) is 0 Å². The Balaban J connectivity index is 1.73. The summed E-state index contributed by atoms with van der Waals surface area (Å²) in [5, 5.41) is 9.04. The lowest BCUT2D eigenvalue weighted by molar-refractivity contribution is 0.282. The fourth-order valence-electron chi connectivity index (χ4n) is 2.63. The Morgan fingerprint density at radius 2 is 2.18 bits per heavy atom. The number of thiophene rings is 1. The first kappa shape index (κ1) is 17.3. The predicted molar refractivity (Wildman–Crippen MR) is 97.0 cm³/mol. The van der Waals surface area contributed by atoms with E-state index in [0.29, 0.717) is 0 Å². The summed E-state index contributed by atoms with van der Waals surface area (Å²) in [4.78, 5) is 8.29. The standard InChI is InChI=1S/C17H30N4S/c1-5-21(14-8-9-14)11-10-19-16(18-4)20-13-17(2,3)15-7-6-12-22-15/h6-7,12,14H,5,8-11,13H2,1-4H3,(H2,18,19,20). The first-order valence-corrected chi connectivity index (χ1v) is 9.17. The molecule has 0 unspecified atom stereocenters. The molecular weight excluding hydrogens is 292 g/mol. The fraction of sp³-hybridized carbons (Fsp3) is 0.706. The van der Waals surface area contributed by atoms with Gasteiger partial charge in [0.1, 0.15) is 0 Å². The second-order valence-corrected chi connectivity index (χ2v) is 7.52. The molecule has 1 saturated carbocycles. The van der Waals surface area contributed by atoms with Crippen molar-refractivity contribution in [3.63, 3.8) is 0 Å². The van der Waals surface area contributed by atoms with Gasteiger partial charge in [-0.05, 0) is 30.8 Å². The molecule has 1 heterocycles. The van der Waals surface area contributed by atoms with Gasteiger partial charge in [0.2, 0.25) is 0 Å². The lowest BCUT2D eigenvalue weighted by Gasteiger charge is -2.25. The molecule has 2 rings (SSSR count). The van der Waals surface area contributed by atoms with Gasteiger partial charge >= 0.3 is 0 Å². The van der Waals surface area contributed by atoms with Crippen molar-refractivity contribution in [2.24, 2.45) is 4.99 Å². The van der Waals surface area contributed by atoms with E-state index < -0.39 is 0 Å². The van der Waals surface area contributed by atoms with Crippen LogP contribution < -0.4 is 10.6 Å². The number of nitrogens with one attached hydrogen (secondary N) is 2. The number of rotatable bonds is 8. The molecular formula is C17H30N4S. The van der Waals surface area contributed by atoms with Crippen molar-refractivity contribution in [3.05, 3.63) is 22.4 Å². The number of nitrogens with zero attached hydrogens (tertiary/aromatic N) is 2. The van der Waals surface area contributed by atoms with E-state index in [0.717, 1.165) is 38.2 Å². The maximum atomic E-state index is 4.33. The van der Waals surface area contributed by atoms with Gasteiger partial charge in [0.05, 0.1) is 0 Å².